The third kappa shape index (κ3) is 3.18. The molecule has 1 aliphatic heterocycles. The molecule has 0 radical (unpaired) electrons. The number of carbonyl (C=O) groups excluding carboxylic acids is 2. The predicted octanol–water partition coefficient (Wildman–Crippen LogP) is 3.40. The lowest BCUT2D eigenvalue weighted by molar-refractivity contribution is -0.141. The van der Waals surface area contributed by atoms with Crippen molar-refractivity contribution in [2.24, 2.45) is 5.92 Å². The summed E-state index contributed by atoms with van der Waals surface area (Å²) in [6, 6.07) is 15.3. The normalized spacial score (nSPS) is 17.6. The van der Waals surface area contributed by atoms with E-state index in [1.54, 1.807) is 25.1 Å². The summed E-state index contributed by atoms with van der Waals surface area (Å²) >= 11 is 0. The third-order valence-corrected chi connectivity index (χ3v) is 4.46. The molecule has 0 aromatic heterocycles. The van der Waals surface area contributed by atoms with Crippen LogP contribution in [0.25, 0.3) is 0 Å². The van der Waals surface area contributed by atoms with Crippen LogP contribution in [0.2, 0.25) is 0 Å². The van der Waals surface area contributed by atoms with Gasteiger partial charge in [-0.3, -0.25) is 9.59 Å². The van der Waals surface area contributed by atoms with Gasteiger partial charge in [0.1, 0.15) is 5.75 Å². The Labute approximate surface area is 141 Å². The molecule has 0 amide bonds. The minimum Gasteiger partial charge on any atom is -0.492 e. The quantitative estimate of drug-likeness (QED) is 0.809. The minimum absolute atomic E-state index is 0.0948. The highest BCUT2D eigenvalue weighted by Crippen LogP contribution is 2.32. The van der Waals surface area contributed by atoms with Crippen LogP contribution in [0, 0.1) is 5.92 Å². The van der Waals surface area contributed by atoms with Gasteiger partial charge in [-0.05, 0) is 36.6 Å². The first-order valence-electron chi connectivity index (χ1n) is 8.03. The van der Waals surface area contributed by atoms with Crippen LogP contribution in [0.3, 0.4) is 0 Å². The van der Waals surface area contributed by atoms with Gasteiger partial charge in [-0.15, -0.1) is 0 Å². The zero-order chi connectivity index (χ0) is 17.1. The van der Waals surface area contributed by atoms with Crippen molar-refractivity contribution in [3.8, 4) is 5.75 Å². The highest BCUT2D eigenvalue weighted by atomic mass is 16.5. The Morgan fingerprint density at radius 1 is 1.25 bits per heavy atom. The van der Waals surface area contributed by atoms with Crippen LogP contribution in [0.4, 0.5) is 0 Å². The summed E-state index contributed by atoms with van der Waals surface area (Å²) in [5.74, 6) is -0.223. The average molecular weight is 324 g/mol. The Kier molecular flexibility index (Phi) is 4.65. The molecule has 2 aromatic rings. The highest BCUT2D eigenvalue weighted by molar-refractivity contribution is 6.01. The maximum atomic E-state index is 12.7. The Bertz CT molecular complexity index is 751. The monoisotopic (exact) mass is 324 g/mol. The molecule has 0 N–H and O–H groups in total. The van der Waals surface area contributed by atoms with Crippen LogP contribution < -0.4 is 4.74 Å². The Balaban J connectivity index is 1.80. The van der Waals surface area contributed by atoms with E-state index >= 15 is 0 Å². The predicted molar refractivity (Wildman–Crippen MR) is 90.3 cm³/mol. The molecule has 24 heavy (non-hydrogen) atoms. The lowest BCUT2D eigenvalue weighted by Gasteiger charge is -2.25. The summed E-state index contributed by atoms with van der Waals surface area (Å²) in [6.07, 6.45) is 0.666. The number of ether oxygens (including phenoxy) is 2. The molecular formula is C20H20O4. The van der Waals surface area contributed by atoms with Gasteiger partial charge < -0.3 is 9.47 Å². The Morgan fingerprint density at radius 3 is 2.71 bits per heavy atom. The van der Waals surface area contributed by atoms with Gasteiger partial charge in [0.25, 0.3) is 0 Å². The summed E-state index contributed by atoms with van der Waals surface area (Å²) in [6.45, 7) is 2.13. The minimum atomic E-state index is -0.388. The van der Waals surface area contributed by atoms with Gasteiger partial charge in [-0.1, -0.05) is 36.4 Å². The van der Waals surface area contributed by atoms with Crippen LogP contribution >= 0.6 is 0 Å². The molecule has 0 fully saturated rings. The SMILES string of the molecule is COC(=O)C(C)c1ccc2c(c1)OCC(Cc1ccccc1)C2=O. The van der Waals surface area contributed by atoms with Crippen LogP contribution in [-0.4, -0.2) is 25.5 Å². The second kappa shape index (κ2) is 6.87. The molecule has 124 valence electrons. The molecule has 0 bridgehead atoms. The van der Waals surface area contributed by atoms with E-state index in [1.165, 1.54) is 7.11 Å². The first-order chi connectivity index (χ1) is 11.6. The fraction of sp³-hybridized carbons (Fsp3) is 0.300. The van der Waals surface area contributed by atoms with Crippen LogP contribution in [0.15, 0.2) is 48.5 Å². The molecule has 4 heteroatoms. The first-order valence-corrected chi connectivity index (χ1v) is 8.03. The summed E-state index contributed by atoms with van der Waals surface area (Å²) in [5.41, 5.74) is 2.50. The molecule has 3 rings (SSSR count). The van der Waals surface area contributed by atoms with Gasteiger partial charge in [0, 0.05) is 0 Å². The fourth-order valence-electron chi connectivity index (χ4n) is 2.98. The molecule has 0 aliphatic carbocycles. The van der Waals surface area contributed by atoms with Gasteiger partial charge in [-0.2, -0.15) is 0 Å². The molecule has 2 atom stereocenters. The number of rotatable bonds is 4. The molecule has 0 saturated heterocycles. The molecule has 1 aliphatic rings. The molecule has 1 heterocycles. The molecule has 2 unspecified atom stereocenters. The second-order valence-corrected chi connectivity index (χ2v) is 6.06. The van der Waals surface area contributed by atoms with Gasteiger partial charge in [-0.25, -0.2) is 0 Å². The van der Waals surface area contributed by atoms with Gasteiger partial charge in [0.15, 0.2) is 5.78 Å². The van der Waals surface area contributed by atoms with E-state index in [0.29, 0.717) is 24.3 Å². The van der Waals surface area contributed by atoms with E-state index in [9.17, 15) is 9.59 Å². The summed E-state index contributed by atoms with van der Waals surface area (Å²) < 4.78 is 10.6. The lowest BCUT2D eigenvalue weighted by Crippen LogP contribution is -2.29. The summed E-state index contributed by atoms with van der Waals surface area (Å²) in [5, 5.41) is 0. The number of carbonyl (C=O) groups is 2. The number of methoxy groups -OCH3 is 1. The summed E-state index contributed by atoms with van der Waals surface area (Å²) in [4.78, 5) is 24.4. The first kappa shape index (κ1) is 16.2. The molecule has 0 spiro atoms. The van der Waals surface area contributed by atoms with Crippen LogP contribution in [-0.2, 0) is 16.0 Å². The zero-order valence-electron chi connectivity index (χ0n) is 13.8. The van der Waals surface area contributed by atoms with E-state index in [1.807, 2.05) is 30.3 Å². The number of esters is 1. The highest BCUT2D eigenvalue weighted by Gasteiger charge is 2.30. The number of hydrogen-bond acceptors (Lipinski definition) is 4. The van der Waals surface area contributed by atoms with Crippen molar-refractivity contribution in [3.63, 3.8) is 0 Å². The number of benzene rings is 2. The van der Waals surface area contributed by atoms with E-state index in [0.717, 1.165) is 11.1 Å². The number of Topliss-reactive ketones (excluding diaryl/α,β-unsaturated/α-hetero) is 1. The van der Waals surface area contributed by atoms with E-state index in [2.05, 4.69) is 0 Å². The number of hydrogen-bond donors (Lipinski definition) is 0. The van der Waals surface area contributed by atoms with Crippen molar-refractivity contribution in [1.29, 1.82) is 0 Å². The molecular weight excluding hydrogens is 304 g/mol. The topological polar surface area (TPSA) is 52.6 Å². The maximum absolute atomic E-state index is 12.7. The van der Waals surface area contributed by atoms with Crippen molar-refractivity contribution < 1.29 is 19.1 Å². The Morgan fingerprint density at radius 2 is 2.00 bits per heavy atom. The van der Waals surface area contributed by atoms with Crippen LogP contribution in [0.1, 0.15) is 34.3 Å². The van der Waals surface area contributed by atoms with E-state index in [4.69, 9.17) is 9.47 Å². The smallest absolute Gasteiger partial charge is 0.312 e. The van der Waals surface area contributed by atoms with Crippen molar-refractivity contribution in [1.82, 2.24) is 0 Å². The van der Waals surface area contributed by atoms with Gasteiger partial charge in [0.2, 0.25) is 0 Å². The van der Waals surface area contributed by atoms with Crippen molar-refractivity contribution in [2.75, 3.05) is 13.7 Å². The van der Waals surface area contributed by atoms with Crippen molar-refractivity contribution in [2.45, 2.75) is 19.3 Å². The van der Waals surface area contributed by atoms with Gasteiger partial charge in [0.05, 0.1) is 31.1 Å². The van der Waals surface area contributed by atoms with Crippen molar-refractivity contribution >= 4 is 11.8 Å². The maximum Gasteiger partial charge on any atom is 0.312 e. The van der Waals surface area contributed by atoms with E-state index < -0.39 is 0 Å². The standard InChI is InChI=1S/C20H20O4/c1-13(20(22)23-2)15-8-9-17-18(11-15)24-12-16(19(17)21)10-14-6-4-3-5-7-14/h3-9,11,13,16H,10,12H2,1-2H3. The molecule has 0 saturated carbocycles. The lowest BCUT2D eigenvalue weighted by atomic mass is 9.88. The Hall–Kier alpha value is -2.62. The van der Waals surface area contributed by atoms with Crippen molar-refractivity contribution in [3.05, 3.63) is 65.2 Å². The fourth-order valence-corrected chi connectivity index (χ4v) is 2.98. The molecule has 4 nitrogen and oxygen atoms in total. The molecule has 2 aromatic carbocycles. The van der Waals surface area contributed by atoms with Gasteiger partial charge >= 0.3 is 5.97 Å². The number of ketones is 1. The van der Waals surface area contributed by atoms with E-state index in [-0.39, 0.29) is 23.6 Å². The van der Waals surface area contributed by atoms with Crippen LogP contribution in [0.5, 0.6) is 5.75 Å². The number of fused-ring (bicyclic) bond motifs is 1. The summed E-state index contributed by atoms with van der Waals surface area (Å²) in [7, 11) is 1.37. The largest absolute Gasteiger partial charge is 0.492 e. The average Bonchev–Trinajstić information content (AvgIpc) is 2.63. The zero-order valence-corrected chi connectivity index (χ0v) is 13.8. The third-order valence-electron chi connectivity index (χ3n) is 4.46. The second-order valence-electron chi connectivity index (χ2n) is 6.06.